The van der Waals surface area contributed by atoms with Crippen molar-refractivity contribution in [3.63, 3.8) is 0 Å². The zero-order valence-corrected chi connectivity index (χ0v) is 29.5. The fourth-order valence-electron chi connectivity index (χ4n) is 4.98. The standard InChI is InChI=1S/C34H67O10P/c1-3-5-7-8-9-10-11-12-13-14-15-16-17-18-19-20-21-22-23-24-26-34(38)44-32(28-36)30-42-45(39,40)41-29-31(27-35)43-33(37)25-6-4-2/h31-32,35-36H,3-30H2,1-2H3,(H,39,40). The number of rotatable bonds is 34. The molecule has 0 aromatic carbocycles. The molecule has 0 radical (unpaired) electrons. The van der Waals surface area contributed by atoms with E-state index in [1.54, 1.807) is 0 Å². The number of unbranched alkanes of at least 4 members (excludes halogenated alkanes) is 20. The molecule has 3 N–H and O–H groups in total. The van der Waals surface area contributed by atoms with E-state index >= 15 is 0 Å². The minimum Gasteiger partial charge on any atom is -0.457 e. The fourth-order valence-corrected chi connectivity index (χ4v) is 5.76. The van der Waals surface area contributed by atoms with Crippen LogP contribution in [0.1, 0.15) is 168 Å². The molecule has 11 heteroatoms. The van der Waals surface area contributed by atoms with E-state index in [2.05, 4.69) is 6.92 Å². The average molecular weight is 667 g/mol. The van der Waals surface area contributed by atoms with Crippen LogP contribution in [0.3, 0.4) is 0 Å². The molecule has 0 aliphatic heterocycles. The molecule has 0 aromatic heterocycles. The van der Waals surface area contributed by atoms with E-state index in [1.807, 2.05) is 6.92 Å². The molecule has 45 heavy (non-hydrogen) atoms. The van der Waals surface area contributed by atoms with Crippen LogP contribution in [0.2, 0.25) is 0 Å². The first kappa shape index (κ1) is 44.0. The number of hydrogen-bond donors (Lipinski definition) is 3. The van der Waals surface area contributed by atoms with Crippen molar-refractivity contribution in [3.05, 3.63) is 0 Å². The van der Waals surface area contributed by atoms with Crippen LogP contribution >= 0.6 is 7.82 Å². The maximum atomic E-state index is 12.1. The van der Waals surface area contributed by atoms with Gasteiger partial charge in [0, 0.05) is 12.8 Å². The Morgan fingerprint density at radius 3 is 1.11 bits per heavy atom. The molecule has 0 heterocycles. The summed E-state index contributed by atoms with van der Waals surface area (Å²) in [7, 11) is -4.60. The topological polar surface area (TPSA) is 149 Å². The lowest BCUT2D eigenvalue weighted by atomic mass is 10.0. The van der Waals surface area contributed by atoms with Gasteiger partial charge in [-0.05, 0) is 12.8 Å². The molecule has 0 saturated carbocycles. The van der Waals surface area contributed by atoms with Crippen LogP contribution in [0.25, 0.3) is 0 Å². The van der Waals surface area contributed by atoms with Gasteiger partial charge in [-0.25, -0.2) is 4.57 Å². The third-order valence-corrected chi connectivity index (χ3v) is 8.77. The van der Waals surface area contributed by atoms with E-state index in [-0.39, 0.29) is 12.8 Å². The number of hydrogen-bond acceptors (Lipinski definition) is 9. The predicted molar refractivity (Wildman–Crippen MR) is 178 cm³/mol. The molecule has 0 spiro atoms. The van der Waals surface area contributed by atoms with Crippen molar-refractivity contribution >= 4 is 19.8 Å². The Kier molecular flexibility index (Phi) is 30.8. The third kappa shape index (κ3) is 30.1. The van der Waals surface area contributed by atoms with Crippen LogP contribution < -0.4 is 0 Å². The Bertz CT molecular complexity index is 736. The lowest BCUT2D eigenvalue weighted by molar-refractivity contribution is -0.153. The molecular weight excluding hydrogens is 599 g/mol. The number of esters is 2. The number of carbonyl (C=O) groups is 2. The largest absolute Gasteiger partial charge is 0.472 e. The van der Waals surface area contributed by atoms with Crippen molar-refractivity contribution in [1.29, 1.82) is 0 Å². The van der Waals surface area contributed by atoms with E-state index in [0.717, 1.165) is 25.7 Å². The summed E-state index contributed by atoms with van der Waals surface area (Å²) in [5.74, 6) is -1.05. The molecule has 10 nitrogen and oxygen atoms in total. The predicted octanol–water partition coefficient (Wildman–Crippen LogP) is 8.33. The van der Waals surface area contributed by atoms with Crippen LogP contribution in [0.15, 0.2) is 0 Å². The van der Waals surface area contributed by atoms with E-state index < -0.39 is 58.4 Å². The lowest BCUT2D eigenvalue weighted by Gasteiger charge is -2.20. The van der Waals surface area contributed by atoms with Gasteiger partial charge in [0.25, 0.3) is 0 Å². The molecule has 0 aliphatic carbocycles. The second-order valence-electron chi connectivity index (χ2n) is 12.2. The number of aliphatic hydroxyl groups is 2. The van der Waals surface area contributed by atoms with Gasteiger partial charge in [0.1, 0.15) is 12.2 Å². The Morgan fingerprint density at radius 2 is 0.800 bits per heavy atom. The van der Waals surface area contributed by atoms with Crippen molar-refractivity contribution in [2.45, 2.75) is 180 Å². The molecule has 0 amide bonds. The van der Waals surface area contributed by atoms with Gasteiger partial charge in [-0.3, -0.25) is 18.6 Å². The molecular formula is C34H67O10P. The number of phosphoric ester groups is 1. The van der Waals surface area contributed by atoms with E-state index in [9.17, 15) is 29.3 Å². The Balaban J connectivity index is 3.74. The quantitative estimate of drug-likeness (QED) is 0.0348. The number of carbonyl (C=O) groups excluding carboxylic acids is 2. The summed E-state index contributed by atoms with van der Waals surface area (Å²) in [6, 6.07) is 0. The van der Waals surface area contributed by atoms with Crippen LogP contribution in [-0.2, 0) is 32.7 Å². The van der Waals surface area contributed by atoms with Crippen LogP contribution in [0, 0.1) is 0 Å². The van der Waals surface area contributed by atoms with Gasteiger partial charge < -0.3 is 24.6 Å². The summed E-state index contributed by atoms with van der Waals surface area (Å²) < 4.78 is 31.9. The second-order valence-corrected chi connectivity index (χ2v) is 13.7. The molecule has 3 atom stereocenters. The first-order valence-electron chi connectivity index (χ1n) is 18.0. The molecule has 0 fully saturated rings. The smallest absolute Gasteiger partial charge is 0.457 e. The monoisotopic (exact) mass is 666 g/mol. The van der Waals surface area contributed by atoms with Gasteiger partial charge >= 0.3 is 19.8 Å². The Hall–Kier alpha value is -1.03. The number of phosphoric acid groups is 1. The highest BCUT2D eigenvalue weighted by molar-refractivity contribution is 7.47. The fraction of sp³-hybridized carbons (Fsp3) is 0.941. The second kappa shape index (κ2) is 31.6. The van der Waals surface area contributed by atoms with Gasteiger partial charge in [0.05, 0.1) is 26.4 Å². The summed E-state index contributed by atoms with van der Waals surface area (Å²) in [4.78, 5) is 33.7. The normalized spacial score (nSPS) is 14.2. The maximum Gasteiger partial charge on any atom is 0.472 e. The van der Waals surface area contributed by atoms with Crippen molar-refractivity contribution < 1.29 is 47.8 Å². The van der Waals surface area contributed by atoms with Crippen molar-refractivity contribution in [1.82, 2.24) is 0 Å². The Labute approximate surface area is 273 Å². The number of ether oxygens (including phenoxy) is 2. The first-order valence-corrected chi connectivity index (χ1v) is 19.5. The van der Waals surface area contributed by atoms with Gasteiger partial charge in [-0.1, -0.05) is 142 Å². The summed E-state index contributed by atoms with van der Waals surface area (Å²) in [6.45, 7) is 1.91. The highest BCUT2D eigenvalue weighted by Crippen LogP contribution is 2.43. The van der Waals surface area contributed by atoms with Crippen LogP contribution in [-0.4, -0.2) is 65.7 Å². The van der Waals surface area contributed by atoms with E-state index in [4.69, 9.17) is 18.5 Å². The summed E-state index contributed by atoms with van der Waals surface area (Å²) in [6.07, 6.45) is 25.2. The van der Waals surface area contributed by atoms with Gasteiger partial charge in [0.2, 0.25) is 0 Å². The van der Waals surface area contributed by atoms with Gasteiger partial charge in [-0.15, -0.1) is 0 Å². The molecule has 0 saturated heterocycles. The zero-order chi connectivity index (χ0) is 33.4. The highest BCUT2D eigenvalue weighted by atomic mass is 31.2. The first-order chi connectivity index (χ1) is 21.8. The Morgan fingerprint density at radius 1 is 0.511 bits per heavy atom. The van der Waals surface area contributed by atoms with Gasteiger partial charge in [0.15, 0.2) is 0 Å². The summed E-state index contributed by atoms with van der Waals surface area (Å²) >= 11 is 0. The molecule has 0 aliphatic rings. The molecule has 0 bridgehead atoms. The van der Waals surface area contributed by atoms with Crippen molar-refractivity contribution in [2.75, 3.05) is 26.4 Å². The SMILES string of the molecule is CCCCCCCCCCCCCCCCCCCCCCC(=O)OC(CO)COP(=O)(O)OCC(CO)OC(=O)CCCC. The summed E-state index contributed by atoms with van der Waals surface area (Å²) in [5.41, 5.74) is 0. The molecule has 0 aromatic rings. The van der Waals surface area contributed by atoms with Gasteiger partial charge in [-0.2, -0.15) is 0 Å². The number of aliphatic hydroxyl groups excluding tert-OH is 2. The minimum atomic E-state index is -4.60. The third-order valence-electron chi connectivity index (χ3n) is 7.82. The lowest BCUT2D eigenvalue weighted by Crippen LogP contribution is -2.28. The minimum absolute atomic E-state index is 0.170. The average Bonchev–Trinajstić information content (AvgIpc) is 3.03. The maximum absolute atomic E-state index is 12.1. The summed E-state index contributed by atoms with van der Waals surface area (Å²) in [5, 5.41) is 18.8. The molecule has 0 rings (SSSR count). The highest BCUT2D eigenvalue weighted by Gasteiger charge is 2.27. The molecule has 268 valence electrons. The van der Waals surface area contributed by atoms with Crippen LogP contribution in [0.4, 0.5) is 0 Å². The van der Waals surface area contributed by atoms with Crippen LogP contribution in [0.5, 0.6) is 0 Å². The zero-order valence-electron chi connectivity index (χ0n) is 28.6. The van der Waals surface area contributed by atoms with E-state index in [1.165, 1.54) is 103 Å². The van der Waals surface area contributed by atoms with Crippen molar-refractivity contribution in [2.24, 2.45) is 0 Å². The molecule has 3 unspecified atom stereocenters. The van der Waals surface area contributed by atoms with Crippen molar-refractivity contribution in [3.8, 4) is 0 Å². The van der Waals surface area contributed by atoms with E-state index in [0.29, 0.717) is 12.8 Å².